The van der Waals surface area contributed by atoms with E-state index in [1.807, 2.05) is 0 Å². The van der Waals surface area contributed by atoms with Crippen molar-refractivity contribution in [3.63, 3.8) is 0 Å². The number of nitrogens with one attached hydrogen (secondary N) is 1. The van der Waals surface area contributed by atoms with E-state index in [0.29, 0.717) is 16.5 Å². The monoisotopic (exact) mass is 265 g/mol. The van der Waals surface area contributed by atoms with E-state index in [2.05, 4.69) is 4.98 Å². The van der Waals surface area contributed by atoms with Gasteiger partial charge in [-0.15, -0.1) is 0 Å². The fourth-order valence-electron chi connectivity index (χ4n) is 2.27. The van der Waals surface area contributed by atoms with Gasteiger partial charge < -0.3 is 10.1 Å². The summed E-state index contributed by atoms with van der Waals surface area (Å²) in [7, 11) is 0. The van der Waals surface area contributed by atoms with Gasteiger partial charge in [-0.25, -0.2) is 4.79 Å². The van der Waals surface area contributed by atoms with Crippen molar-refractivity contribution in [3.8, 4) is 0 Å². The van der Waals surface area contributed by atoms with Crippen LogP contribution in [0.1, 0.15) is 26.4 Å². The van der Waals surface area contributed by atoms with E-state index in [4.69, 9.17) is 0 Å². The molecule has 98 valence electrons. The molecular weight excluding hydrogens is 254 g/mol. The van der Waals surface area contributed by atoms with Gasteiger partial charge in [-0.05, 0) is 6.07 Å². The molecule has 0 radical (unpaired) electrons. The maximum Gasteiger partial charge on any atom is 0.338 e. The third kappa shape index (κ3) is 1.87. The summed E-state index contributed by atoms with van der Waals surface area (Å²) in [5, 5.41) is 9.92. The molecule has 0 unspecified atom stereocenters. The van der Waals surface area contributed by atoms with Crippen molar-refractivity contribution in [3.05, 3.63) is 71.4 Å². The smallest absolute Gasteiger partial charge is 0.338 e. The van der Waals surface area contributed by atoms with Crippen LogP contribution in [0.2, 0.25) is 0 Å². The van der Waals surface area contributed by atoms with Gasteiger partial charge in [0.15, 0.2) is 0 Å². The average molecular weight is 265 g/mol. The second-order valence-corrected chi connectivity index (χ2v) is 4.42. The topological polar surface area (TPSA) is 70.2 Å². The molecule has 0 aliphatic heterocycles. The number of hydrogen-bond acceptors (Lipinski definition) is 2. The number of aromatic amines is 1. The highest BCUT2D eigenvalue weighted by molar-refractivity contribution is 6.18. The quantitative estimate of drug-likeness (QED) is 0.715. The first-order chi connectivity index (χ1) is 9.68. The Morgan fingerprint density at radius 1 is 0.900 bits per heavy atom. The number of para-hydroxylation sites is 1. The van der Waals surface area contributed by atoms with Gasteiger partial charge in [0.25, 0.3) is 0 Å². The molecule has 0 spiro atoms. The van der Waals surface area contributed by atoms with Crippen LogP contribution in [-0.2, 0) is 0 Å². The number of fused-ring (bicyclic) bond motifs is 1. The number of carbonyl (C=O) groups is 2. The lowest BCUT2D eigenvalue weighted by atomic mass is 10.0. The summed E-state index contributed by atoms with van der Waals surface area (Å²) in [6, 6.07) is 15.6. The van der Waals surface area contributed by atoms with Crippen molar-refractivity contribution < 1.29 is 14.7 Å². The first kappa shape index (κ1) is 12.2. The molecule has 2 N–H and O–H groups in total. The summed E-state index contributed by atoms with van der Waals surface area (Å²) < 4.78 is 0. The summed E-state index contributed by atoms with van der Waals surface area (Å²) in [5.74, 6) is -1.43. The van der Waals surface area contributed by atoms with Crippen molar-refractivity contribution in [2.45, 2.75) is 0 Å². The second-order valence-electron chi connectivity index (χ2n) is 4.42. The molecular formula is C16H11NO3. The highest BCUT2D eigenvalue weighted by Gasteiger charge is 2.23. The number of carboxylic acid groups (broad SMARTS) is 1. The average Bonchev–Trinajstić information content (AvgIpc) is 2.86. The molecule has 0 aliphatic rings. The molecule has 4 nitrogen and oxygen atoms in total. The highest BCUT2D eigenvalue weighted by Crippen LogP contribution is 2.24. The molecule has 0 bridgehead atoms. The van der Waals surface area contributed by atoms with Crippen molar-refractivity contribution >= 4 is 22.7 Å². The third-order valence-corrected chi connectivity index (χ3v) is 3.18. The number of ketones is 1. The molecule has 0 saturated carbocycles. The minimum Gasteiger partial charge on any atom is -0.478 e. The van der Waals surface area contributed by atoms with Crippen LogP contribution in [0.4, 0.5) is 0 Å². The Morgan fingerprint density at radius 2 is 1.55 bits per heavy atom. The van der Waals surface area contributed by atoms with Crippen LogP contribution >= 0.6 is 0 Å². The van der Waals surface area contributed by atoms with Crippen molar-refractivity contribution in [1.29, 1.82) is 0 Å². The van der Waals surface area contributed by atoms with Gasteiger partial charge in [-0.2, -0.15) is 0 Å². The van der Waals surface area contributed by atoms with Crippen LogP contribution in [-0.4, -0.2) is 21.8 Å². The molecule has 0 fully saturated rings. The molecule has 4 heteroatoms. The van der Waals surface area contributed by atoms with Gasteiger partial charge in [0.1, 0.15) is 5.69 Å². The zero-order valence-electron chi connectivity index (χ0n) is 10.5. The summed E-state index contributed by atoms with van der Waals surface area (Å²) in [5.41, 5.74) is 1.24. The third-order valence-electron chi connectivity index (χ3n) is 3.18. The zero-order chi connectivity index (χ0) is 14.1. The van der Waals surface area contributed by atoms with Crippen LogP contribution in [0.3, 0.4) is 0 Å². The Hall–Kier alpha value is -2.88. The molecule has 2 aromatic carbocycles. The molecule has 20 heavy (non-hydrogen) atoms. The number of H-pyrrole nitrogens is 1. The van der Waals surface area contributed by atoms with Gasteiger partial charge in [0.2, 0.25) is 5.78 Å². The maximum absolute atomic E-state index is 12.4. The summed E-state index contributed by atoms with van der Waals surface area (Å²) in [6.07, 6.45) is 0. The second kappa shape index (κ2) is 4.66. The van der Waals surface area contributed by atoms with E-state index in [0.717, 1.165) is 0 Å². The summed E-state index contributed by atoms with van der Waals surface area (Å²) >= 11 is 0. The molecule has 0 amide bonds. The fraction of sp³-hybridized carbons (Fsp3) is 0. The number of aromatic nitrogens is 1. The van der Waals surface area contributed by atoms with Gasteiger partial charge in [-0.3, -0.25) is 4.79 Å². The standard InChI is InChI=1S/C16H11NO3/c18-15(10-6-2-1-3-7-10)14-13(16(19)20)11-8-4-5-9-12(11)17-14/h1-9,17H,(H,19,20). The van der Waals surface area contributed by atoms with Crippen molar-refractivity contribution in [2.75, 3.05) is 0 Å². The maximum atomic E-state index is 12.4. The number of carbonyl (C=O) groups excluding carboxylic acids is 1. The van der Waals surface area contributed by atoms with Gasteiger partial charge in [-0.1, -0.05) is 48.5 Å². The SMILES string of the molecule is O=C(c1ccccc1)c1[nH]c2ccccc2c1C(=O)O. The minimum absolute atomic E-state index is 0.0226. The Morgan fingerprint density at radius 3 is 2.25 bits per heavy atom. The lowest BCUT2D eigenvalue weighted by molar-refractivity contribution is 0.0695. The van der Waals surface area contributed by atoms with E-state index < -0.39 is 5.97 Å². The summed E-state index contributed by atoms with van der Waals surface area (Å²) in [6.45, 7) is 0. The molecule has 1 aromatic heterocycles. The lowest BCUT2D eigenvalue weighted by Gasteiger charge is -2.00. The Labute approximate surface area is 114 Å². The normalized spacial score (nSPS) is 10.6. The molecule has 0 saturated heterocycles. The van der Waals surface area contributed by atoms with Crippen LogP contribution in [0.5, 0.6) is 0 Å². The first-order valence-corrected chi connectivity index (χ1v) is 6.12. The van der Waals surface area contributed by atoms with E-state index in [9.17, 15) is 14.7 Å². The number of carboxylic acids is 1. The minimum atomic E-state index is -1.11. The predicted molar refractivity (Wildman–Crippen MR) is 75.1 cm³/mol. The van der Waals surface area contributed by atoms with E-state index >= 15 is 0 Å². The molecule has 3 aromatic rings. The zero-order valence-corrected chi connectivity index (χ0v) is 10.5. The van der Waals surface area contributed by atoms with Gasteiger partial charge in [0, 0.05) is 16.5 Å². The van der Waals surface area contributed by atoms with Crippen LogP contribution in [0.15, 0.2) is 54.6 Å². The van der Waals surface area contributed by atoms with E-state index in [-0.39, 0.29) is 17.0 Å². The number of hydrogen-bond donors (Lipinski definition) is 2. The molecule has 0 aliphatic carbocycles. The Kier molecular flexibility index (Phi) is 2.84. The van der Waals surface area contributed by atoms with Crippen molar-refractivity contribution in [2.24, 2.45) is 0 Å². The van der Waals surface area contributed by atoms with Gasteiger partial charge >= 0.3 is 5.97 Å². The van der Waals surface area contributed by atoms with E-state index in [1.165, 1.54) is 0 Å². The van der Waals surface area contributed by atoms with Crippen molar-refractivity contribution in [1.82, 2.24) is 4.98 Å². The lowest BCUT2D eigenvalue weighted by Crippen LogP contribution is -2.08. The number of aromatic carboxylic acids is 1. The number of rotatable bonds is 3. The Bertz CT molecular complexity index is 803. The largest absolute Gasteiger partial charge is 0.478 e. The molecule has 0 atom stereocenters. The fourth-order valence-corrected chi connectivity index (χ4v) is 2.27. The van der Waals surface area contributed by atoms with Gasteiger partial charge in [0.05, 0.1) is 5.56 Å². The molecule has 1 heterocycles. The highest BCUT2D eigenvalue weighted by atomic mass is 16.4. The van der Waals surface area contributed by atoms with Crippen LogP contribution < -0.4 is 0 Å². The first-order valence-electron chi connectivity index (χ1n) is 6.12. The van der Waals surface area contributed by atoms with Crippen LogP contribution in [0, 0.1) is 0 Å². The Balaban J connectivity index is 2.24. The predicted octanol–water partition coefficient (Wildman–Crippen LogP) is 3.10. The number of benzene rings is 2. The molecule has 3 rings (SSSR count). The summed E-state index contributed by atoms with van der Waals surface area (Å²) in [4.78, 5) is 26.8. The van der Waals surface area contributed by atoms with E-state index in [1.54, 1.807) is 54.6 Å². The van der Waals surface area contributed by atoms with Crippen LogP contribution in [0.25, 0.3) is 10.9 Å².